The van der Waals surface area contributed by atoms with Gasteiger partial charge in [-0.25, -0.2) is 4.98 Å². The number of hydrogen-bond acceptors (Lipinski definition) is 4. The number of alkyl halides is 3. The Balaban J connectivity index is 2.17. The summed E-state index contributed by atoms with van der Waals surface area (Å²) in [5, 5.41) is 2.60. The predicted octanol–water partition coefficient (Wildman–Crippen LogP) is 3.64. The molecule has 0 saturated heterocycles. The zero-order valence-corrected chi connectivity index (χ0v) is 11.3. The molecule has 0 aromatic carbocycles. The van der Waals surface area contributed by atoms with Crippen LogP contribution in [-0.2, 0) is 6.18 Å². The largest absolute Gasteiger partial charge is 0.474 e. The summed E-state index contributed by atoms with van der Waals surface area (Å²) < 4.78 is 43.8. The molecule has 0 spiro atoms. The van der Waals surface area contributed by atoms with Crippen molar-refractivity contribution in [1.82, 2.24) is 9.97 Å². The quantitative estimate of drug-likeness (QED) is 0.863. The molecule has 7 heteroatoms. The molecule has 0 unspecified atom stereocenters. The Hall–Kier alpha value is -1.53. The number of nitrogens with one attached hydrogen (secondary N) is 1. The van der Waals surface area contributed by atoms with E-state index in [1.165, 1.54) is 13.1 Å². The van der Waals surface area contributed by atoms with Crippen LogP contribution in [-0.4, -0.2) is 23.1 Å². The summed E-state index contributed by atoms with van der Waals surface area (Å²) >= 11 is 0. The molecule has 0 atom stereocenters. The van der Waals surface area contributed by atoms with Gasteiger partial charge in [-0.1, -0.05) is 12.8 Å². The molecule has 1 aliphatic rings. The van der Waals surface area contributed by atoms with Crippen LogP contribution in [0.2, 0.25) is 0 Å². The van der Waals surface area contributed by atoms with E-state index < -0.39 is 12.0 Å². The Labute approximate surface area is 115 Å². The molecule has 0 radical (unpaired) electrons. The molecular formula is C13H18F3N3O. The average Bonchev–Trinajstić information content (AvgIpc) is 2.66. The van der Waals surface area contributed by atoms with Crippen LogP contribution in [0.25, 0.3) is 0 Å². The molecule has 1 aliphatic carbocycles. The topological polar surface area (TPSA) is 47.0 Å². The summed E-state index contributed by atoms with van der Waals surface area (Å²) in [6.45, 7) is 0. The Kier molecular flexibility index (Phi) is 4.67. The smallest absolute Gasteiger partial charge is 0.451 e. The molecular weight excluding hydrogens is 271 g/mol. The first-order valence-electron chi connectivity index (χ1n) is 6.80. The molecule has 1 N–H and O–H groups in total. The van der Waals surface area contributed by atoms with Gasteiger partial charge >= 0.3 is 6.18 Å². The fraction of sp³-hybridized carbons (Fsp3) is 0.692. The van der Waals surface area contributed by atoms with E-state index in [1.54, 1.807) is 0 Å². The van der Waals surface area contributed by atoms with Crippen LogP contribution in [0.1, 0.15) is 44.3 Å². The van der Waals surface area contributed by atoms with Crippen LogP contribution in [0.3, 0.4) is 0 Å². The predicted molar refractivity (Wildman–Crippen MR) is 68.7 cm³/mol. The zero-order valence-electron chi connectivity index (χ0n) is 11.3. The van der Waals surface area contributed by atoms with Crippen molar-refractivity contribution in [3.8, 4) is 5.88 Å². The molecule has 1 aromatic rings. The van der Waals surface area contributed by atoms with E-state index in [0.29, 0.717) is 0 Å². The Bertz CT molecular complexity index is 443. The van der Waals surface area contributed by atoms with E-state index in [4.69, 9.17) is 4.74 Å². The van der Waals surface area contributed by atoms with Crippen molar-refractivity contribution in [3.05, 3.63) is 11.9 Å². The number of rotatable bonds is 3. The summed E-state index contributed by atoms with van der Waals surface area (Å²) in [5.74, 6) is -1.08. The van der Waals surface area contributed by atoms with E-state index in [0.717, 1.165) is 38.5 Å². The van der Waals surface area contributed by atoms with Crippen molar-refractivity contribution in [1.29, 1.82) is 0 Å². The number of hydrogen-bond donors (Lipinski definition) is 1. The minimum Gasteiger partial charge on any atom is -0.474 e. The Morgan fingerprint density at radius 2 is 1.80 bits per heavy atom. The fourth-order valence-corrected chi connectivity index (χ4v) is 2.27. The van der Waals surface area contributed by atoms with Crippen LogP contribution >= 0.6 is 0 Å². The highest BCUT2D eigenvalue weighted by Crippen LogP contribution is 2.30. The lowest BCUT2D eigenvalue weighted by atomic mass is 10.1. The number of ether oxygens (including phenoxy) is 1. The number of aromatic nitrogens is 2. The molecule has 4 nitrogen and oxygen atoms in total. The zero-order chi connectivity index (χ0) is 14.6. The standard InChI is InChI=1S/C13H18F3N3O/c1-17-10-8-11(19-12(18-10)13(14,15)16)20-9-6-4-2-3-5-7-9/h8-9H,2-7H2,1H3,(H,17,18,19). The second kappa shape index (κ2) is 6.28. The first-order valence-corrected chi connectivity index (χ1v) is 6.80. The maximum Gasteiger partial charge on any atom is 0.451 e. The van der Waals surface area contributed by atoms with Gasteiger partial charge in [-0.05, 0) is 25.7 Å². The summed E-state index contributed by atoms with van der Waals surface area (Å²) in [6, 6.07) is 1.40. The van der Waals surface area contributed by atoms with Crippen molar-refractivity contribution in [2.75, 3.05) is 12.4 Å². The van der Waals surface area contributed by atoms with E-state index >= 15 is 0 Å². The maximum atomic E-state index is 12.7. The summed E-state index contributed by atoms with van der Waals surface area (Å²) in [4.78, 5) is 6.89. The molecule has 0 amide bonds. The SMILES string of the molecule is CNc1cc(OC2CCCCCC2)nc(C(F)(F)F)n1. The molecule has 1 aromatic heterocycles. The van der Waals surface area contributed by atoms with Gasteiger partial charge in [0.1, 0.15) is 11.9 Å². The molecule has 2 rings (SSSR count). The Morgan fingerprint density at radius 3 is 2.35 bits per heavy atom. The minimum atomic E-state index is -4.57. The Morgan fingerprint density at radius 1 is 1.15 bits per heavy atom. The third-order valence-electron chi connectivity index (χ3n) is 3.30. The maximum absolute atomic E-state index is 12.7. The average molecular weight is 289 g/mol. The van der Waals surface area contributed by atoms with Gasteiger partial charge in [-0.15, -0.1) is 0 Å². The van der Waals surface area contributed by atoms with E-state index in [1.807, 2.05) is 0 Å². The fourth-order valence-electron chi connectivity index (χ4n) is 2.27. The van der Waals surface area contributed by atoms with Gasteiger partial charge in [0.2, 0.25) is 11.7 Å². The lowest BCUT2D eigenvalue weighted by Gasteiger charge is -2.17. The lowest BCUT2D eigenvalue weighted by molar-refractivity contribution is -0.145. The van der Waals surface area contributed by atoms with Gasteiger partial charge in [-0.2, -0.15) is 18.2 Å². The minimum absolute atomic E-state index is 0.0106. The molecule has 1 heterocycles. The molecule has 112 valence electrons. The van der Waals surface area contributed by atoms with Gasteiger partial charge in [0.25, 0.3) is 0 Å². The lowest BCUT2D eigenvalue weighted by Crippen LogP contribution is -2.18. The van der Waals surface area contributed by atoms with Crippen molar-refractivity contribution in [2.45, 2.75) is 50.8 Å². The van der Waals surface area contributed by atoms with Gasteiger partial charge in [0, 0.05) is 13.1 Å². The van der Waals surface area contributed by atoms with Crippen molar-refractivity contribution in [2.24, 2.45) is 0 Å². The van der Waals surface area contributed by atoms with Crippen LogP contribution in [0.15, 0.2) is 6.07 Å². The molecule has 20 heavy (non-hydrogen) atoms. The highest BCUT2D eigenvalue weighted by atomic mass is 19.4. The summed E-state index contributed by atoms with van der Waals surface area (Å²) in [5.41, 5.74) is 0. The van der Waals surface area contributed by atoms with Gasteiger partial charge in [0.15, 0.2) is 0 Å². The normalized spacial score (nSPS) is 17.6. The molecule has 1 fully saturated rings. The van der Waals surface area contributed by atoms with E-state index in [2.05, 4.69) is 15.3 Å². The van der Waals surface area contributed by atoms with Crippen LogP contribution < -0.4 is 10.1 Å². The van der Waals surface area contributed by atoms with E-state index in [9.17, 15) is 13.2 Å². The third-order valence-corrected chi connectivity index (χ3v) is 3.30. The molecule has 0 aliphatic heterocycles. The third kappa shape index (κ3) is 3.98. The molecule has 0 bridgehead atoms. The summed E-state index contributed by atoms with van der Waals surface area (Å²) in [6.07, 6.45) is 1.48. The van der Waals surface area contributed by atoms with Gasteiger partial charge in [-0.3, -0.25) is 0 Å². The van der Waals surface area contributed by atoms with Crippen LogP contribution in [0.5, 0.6) is 5.88 Å². The number of anilines is 1. The second-order valence-corrected chi connectivity index (χ2v) is 4.89. The first-order chi connectivity index (χ1) is 9.49. The first kappa shape index (κ1) is 14.9. The van der Waals surface area contributed by atoms with Gasteiger partial charge in [0.05, 0.1) is 0 Å². The second-order valence-electron chi connectivity index (χ2n) is 4.89. The van der Waals surface area contributed by atoms with Crippen molar-refractivity contribution in [3.63, 3.8) is 0 Å². The summed E-state index contributed by atoms with van der Waals surface area (Å²) in [7, 11) is 1.51. The molecule has 1 saturated carbocycles. The van der Waals surface area contributed by atoms with E-state index in [-0.39, 0.29) is 17.8 Å². The van der Waals surface area contributed by atoms with Crippen LogP contribution in [0.4, 0.5) is 19.0 Å². The monoisotopic (exact) mass is 289 g/mol. The van der Waals surface area contributed by atoms with Crippen molar-refractivity contribution < 1.29 is 17.9 Å². The number of halogens is 3. The van der Waals surface area contributed by atoms with Crippen molar-refractivity contribution >= 4 is 5.82 Å². The number of nitrogens with zero attached hydrogens (tertiary/aromatic N) is 2. The van der Waals surface area contributed by atoms with Crippen LogP contribution in [0, 0.1) is 0 Å². The highest BCUT2D eigenvalue weighted by molar-refractivity contribution is 5.38. The van der Waals surface area contributed by atoms with Gasteiger partial charge < -0.3 is 10.1 Å². The highest BCUT2D eigenvalue weighted by Gasteiger charge is 2.35.